The monoisotopic (exact) mass is 317 g/mol. The molecule has 0 aliphatic rings. The number of non-ortho nitro benzene ring substituents is 1. The summed E-state index contributed by atoms with van der Waals surface area (Å²) in [6, 6.07) is 13.5. The van der Waals surface area contributed by atoms with Crippen molar-refractivity contribution in [1.29, 1.82) is 0 Å². The maximum Gasteiger partial charge on any atom is 0.269 e. The standard InChI is InChI=1S/C16H15NO4S/c1-21-16-8-4-14(5-9-16)12-22(20)11-10-13-2-6-15(7-3-13)17(18)19/h2-11H,12H2,1H3. The zero-order chi connectivity index (χ0) is 15.9. The van der Waals surface area contributed by atoms with Crippen LogP contribution in [0.2, 0.25) is 0 Å². The first-order valence-electron chi connectivity index (χ1n) is 6.51. The molecule has 1 unspecified atom stereocenters. The number of nitrogens with zero attached hydrogens (tertiary/aromatic N) is 1. The van der Waals surface area contributed by atoms with Gasteiger partial charge in [-0.2, -0.15) is 0 Å². The molecule has 22 heavy (non-hydrogen) atoms. The van der Waals surface area contributed by atoms with Gasteiger partial charge in [0.2, 0.25) is 0 Å². The van der Waals surface area contributed by atoms with Crippen molar-refractivity contribution in [3.8, 4) is 5.75 Å². The lowest BCUT2D eigenvalue weighted by Crippen LogP contribution is -2.00. The van der Waals surface area contributed by atoms with E-state index in [0.717, 1.165) is 16.9 Å². The zero-order valence-electron chi connectivity index (χ0n) is 12.0. The quantitative estimate of drug-likeness (QED) is 0.464. The maximum absolute atomic E-state index is 12.0. The van der Waals surface area contributed by atoms with Crippen LogP contribution in [0.4, 0.5) is 5.69 Å². The summed E-state index contributed by atoms with van der Waals surface area (Å²) in [6.45, 7) is 0. The topological polar surface area (TPSA) is 75.4 Å². The highest BCUT2D eigenvalue weighted by molar-refractivity contribution is 7.93. The van der Waals surface area contributed by atoms with Gasteiger partial charge >= 0.3 is 0 Å². The number of methoxy groups -OCH3 is 1. The average molecular weight is 317 g/mol. The summed E-state index contributed by atoms with van der Waals surface area (Å²) >= 11 is -1.15. The molecular weight excluding hydrogens is 302 g/mol. The fourth-order valence-electron chi connectivity index (χ4n) is 1.80. The van der Waals surface area contributed by atoms with Gasteiger partial charge in [0.15, 0.2) is 0 Å². The normalized spacial score (nSPS) is 12.3. The van der Waals surface area contributed by atoms with Crippen molar-refractivity contribution in [3.05, 3.63) is 75.2 Å². The molecule has 0 spiro atoms. The zero-order valence-corrected chi connectivity index (χ0v) is 12.8. The highest BCUT2D eigenvalue weighted by atomic mass is 32.2. The maximum atomic E-state index is 12.0. The molecule has 2 aromatic carbocycles. The van der Waals surface area contributed by atoms with E-state index in [0.29, 0.717) is 5.75 Å². The molecule has 0 aliphatic heterocycles. The van der Waals surface area contributed by atoms with Gasteiger partial charge in [-0.25, -0.2) is 0 Å². The van der Waals surface area contributed by atoms with E-state index in [9.17, 15) is 14.7 Å². The Morgan fingerprint density at radius 1 is 1.14 bits per heavy atom. The molecule has 0 amide bonds. The van der Waals surface area contributed by atoms with Crippen LogP contribution in [0.5, 0.6) is 5.75 Å². The lowest BCUT2D eigenvalue weighted by Gasteiger charge is -2.06. The molecule has 0 N–H and O–H groups in total. The van der Waals surface area contributed by atoms with Crippen LogP contribution in [0.25, 0.3) is 6.08 Å². The molecule has 0 bridgehead atoms. The summed E-state index contributed by atoms with van der Waals surface area (Å²) in [4.78, 5) is 10.1. The summed E-state index contributed by atoms with van der Waals surface area (Å²) < 4.78 is 17.1. The van der Waals surface area contributed by atoms with Crippen molar-refractivity contribution in [3.63, 3.8) is 0 Å². The van der Waals surface area contributed by atoms with E-state index in [2.05, 4.69) is 0 Å². The highest BCUT2D eigenvalue weighted by Gasteiger charge is 2.06. The van der Waals surface area contributed by atoms with Gasteiger partial charge in [-0.05, 0) is 47.1 Å². The molecule has 2 rings (SSSR count). The smallest absolute Gasteiger partial charge is 0.269 e. The molecule has 0 aliphatic carbocycles. The summed E-state index contributed by atoms with van der Waals surface area (Å²) in [5.74, 6) is 1.17. The Balaban J connectivity index is 1.95. The molecule has 0 heterocycles. The Bertz CT molecular complexity index is 653. The number of rotatable bonds is 6. The van der Waals surface area contributed by atoms with Crippen LogP contribution in [0.15, 0.2) is 53.9 Å². The Hall–Kier alpha value is -2.31. The second-order valence-electron chi connectivity index (χ2n) is 4.52. The lowest BCUT2D eigenvalue weighted by molar-refractivity contribution is -0.384. The van der Waals surface area contributed by atoms with Gasteiger partial charge < -0.3 is 9.29 Å². The third-order valence-electron chi connectivity index (χ3n) is 2.98. The highest BCUT2D eigenvalue weighted by Crippen LogP contribution is 2.16. The van der Waals surface area contributed by atoms with Crippen LogP contribution in [0, 0.1) is 10.1 Å². The number of nitro benzene ring substituents is 1. The van der Waals surface area contributed by atoms with Gasteiger partial charge in [-0.15, -0.1) is 0 Å². The number of ether oxygens (including phenoxy) is 1. The molecule has 1 atom stereocenters. The molecule has 6 heteroatoms. The number of benzene rings is 2. The van der Waals surface area contributed by atoms with Gasteiger partial charge in [0.25, 0.3) is 5.69 Å². The summed E-state index contributed by atoms with van der Waals surface area (Å²) in [7, 11) is 1.60. The van der Waals surface area contributed by atoms with E-state index in [1.54, 1.807) is 30.7 Å². The summed E-state index contributed by atoms with van der Waals surface area (Å²) in [6.07, 6.45) is 1.70. The van der Waals surface area contributed by atoms with E-state index in [1.165, 1.54) is 12.1 Å². The van der Waals surface area contributed by atoms with Crippen molar-refractivity contribution >= 4 is 22.9 Å². The lowest BCUT2D eigenvalue weighted by atomic mass is 10.2. The van der Waals surface area contributed by atoms with E-state index >= 15 is 0 Å². The largest absolute Gasteiger partial charge is 0.612 e. The fourth-order valence-corrected chi connectivity index (χ4v) is 2.72. The van der Waals surface area contributed by atoms with Crippen LogP contribution in [0.3, 0.4) is 0 Å². The summed E-state index contributed by atoms with van der Waals surface area (Å²) in [5, 5.41) is 12.1. The third-order valence-corrected chi connectivity index (χ3v) is 4.04. The van der Waals surface area contributed by atoms with Crippen molar-refractivity contribution in [2.45, 2.75) is 5.75 Å². The van der Waals surface area contributed by atoms with Crippen LogP contribution in [-0.4, -0.2) is 16.6 Å². The third kappa shape index (κ3) is 4.61. The molecule has 0 saturated heterocycles. The Kier molecular flexibility index (Phi) is 5.57. The van der Waals surface area contributed by atoms with E-state index in [-0.39, 0.29) is 5.69 Å². The first-order chi connectivity index (χ1) is 10.6. The molecule has 5 nitrogen and oxygen atoms in total. The predicted molar refractivity (Wildman–Crippen MR) is 87.0 cm³/mol. The number of hydrogen-bond acceptors (Lipinski definition) is 4. The Labute approximate surface area is 131 Å². The van der Waals surface area contributed by atoms with Gasteiger partial charge in [0.05, 0.1) is 12.0 Å². The minimum absolute atomic E-state index is 0.0384. The Morgan fingerprint density at radius 3 is 2.32 bits per heavy atom. The molecular formula is C16H15NO4S. The van der Waals surface area contributed by atoms with E-state index < -0.39 is 16.1 Å². The van der Waals surface area contributed by atoms with Crippen LogP contribution in [0.1, 0.15) is 11.1 Å². The van der Waals surface area contributed by atoms with Gasteiger partial charge in [-0.3, -0.25) is 10.1 Å². The minimum atomic E-state index is -1.15. The van der Waals surface area contributed by atoms with Crippen LogP contribution in [-0.2, 0) is 16.9 Å². The summed E-state index contributed by atoms with van der Waals surface area (Å²) in [5.41, 5.74) is 1.76. The van der Waals surface area contributed by atoms with Gasteiger partial charge in [0.1, 0.15) is 16.9 Å². The molecule has 2 aromatic rings. The molecule has 0 fully saturated rings. The SMILES string of the molecule is COc1ccc(C[S+]([O-])C=Cc2ccc([N+](=O)[O-])cc2)cc1. The minimum Gasteiger partial charge on any atom is -0.612 e. The van der Waals surface area contributed by atoms with Crippen molar-refractivity contribution in [2.24, 2.45) is 0 Å². The molecule has 0 saturated carbocycles. The first-order valence-corrected chi connectivity index (χ1v) is 7.89. The predicted octanol–water partition coefficient (Wildman–Crippen LogP) is 3.52. The van der Waals surface area contributed by atoms with E-state index in [1.807, 2.05) is 24.3 Å². The number of hydrogen-bond donors (Lipinski definition) is 0. The van der Waals surface area contributed by atoms with Crippen LogP contribution < -0.4 is 4.74 Å². The van der Waals surface area contributed by atoms with E-state index in [4.69, 9.17) is 4.74 Å². The molecule has 0 aromatic heterocycles. The Morgan fingerprint density at radius 2 is 1.77 bits per heavy atom. The average Bonchev–Trinajstić information content (AvgIpc) is 2.54. The van der Waals surface area contributed by atoms with Gasteiger partial charge in [0, 0.05) is 17.7 Å². The van der Waals surface area contributed by atoms with Crippen LogP contribution >= 0.6 is 0 Å². The van der Waals surface area contributed by atoms with Gasteiger partial charge in [-0.1, -0.05) is 12.1 Å². The second kappa shape index (κ2) is 7.63. The number of nitro groups is 1. The van der Waals surface area contributed by atoms with Crippen molar-refractivity contribution in [1.82, 2.24) is 0 Å². The van der Waals surface area contributed by atoms with Crippen molar-refractivity contribution in [2.75, 3.05) is 7.11 Å². The molecule has 0 radical (unpaired) electrons. The fraction of sp³-hybridized carbons (Fsp3) is 0.125. The first kappa shape index (κ1) is 16.1. The van der Waals surface area contributed by atoms with Crippen molar-refractivity contribution < 1.29 is 14.2 Å². The second-order valence-corrected chi connectivity index (χ2v) is 5.85. The molecule has 114 valence electrons.